The fraction of sp³-hybridized carbons (Fsp3) is 0.348. The Bertz CT molecular complexity index is 1030. The average molecular weight is 461 g/mol. The van der Waals surface area contributed by atoms with Gasteiger partial charge in [0.05, 0.1) is 34.5 Å². The molecule has 178 valence electrons. The number of amides is 1. The molecular formula is C23H27NO9. The van der Waals surface area contributed by atoms with Crippen molar-refractivity contribution in [1.29, 1.82) is 0 Å². The smallest absolute Gasteiger partial charge is 0.344 e. The van der Waals surface area contributed by atoms with Gasteiger partial charge in [-0.2, -0.15) is 0 Å². The molecular weight excluding hydrogens is 434 g/mol. The van der Waals surface area contributed by atoms with E-state index in [1.165, 1.54) is 40.4 Å². The Hall–Kier alpha value is -3.95. The molecule has 0 saturated carbocycles. The van der Waals surface area contributed by atoms with Gasteiger partial charge in [-0.15, -0.1) is 0 Å². The van der Waals surface area contributed by atoms with Gasteiger partial charge in [0.2, 0.25) is 11.6 Å². The highest BCUT2D eigenvalue weighted by Gasteiger charge is 2.31. The highest BCUT2D eigenvalue weighted by molar-refractivity contribution is 6.11. The van der Waals surface area contributed by atoms with Crippen LogP contribution in [0.3, 0.4) is 0 Å². The molecule has 0 bridgehead atoms. The molecule has 0 radical (unpaired) electrons. The summed E-state index contributed by atoms with van der Waals surface area (Å²) >= 11 is 0. The molecule has 0 atom stereocenters. The summed E-state index contributed by atoms with van der Waals surface area (Å²) in [5.41, 5.74) is 0.287. The minimum absolute atomic E-state index is 0.0692. The van der Waals surface area contributed by atoms with Gasteiger partial charge >= 0.3 is 11.9 Å². The number of furan rings is 1. The number of hydrogen-bond donors (Lipinski definition) is 1. The number of nitrogens with one attached hydrogen (secondary N) is 1. The van der Waals surface area contributed by atoms with Crippen LogP contribution in [0.5, 0.6) is 17.2 Å². The van der Waals surface area contributed by atoms with Gasteiger partial charge in [0.1, 0.15) is 16.9 Å². The van der Waals surface area contributed by atoms with E-state index in [1.54, 1.807) is 26.0 Å². The number of carbonyl (C=O) groups excluding carboxylic acids is 3. The van der Waals surface area contributed by atoms with E-state index in [1.807, 2.05) is 0 Å². The minimum Gasteiger partial charge on any atom is -0.493 e. The number of rotatable bonds is 10. The van der Waals surface area contributed by atoms with Crippen LogP contribution in [0.25, 0.3) is 6.08 Å². The third-order valence-electron chi connectivity index (χ3n) is 4.39. The van der Waals surface area contributed by atoms with Crippen molar-refractivity contribution in [3.8, 4) is 17.2 Å². The standard InChI is InChI=1S/C23H27NO9/c1-7-31-22(26)18-13(3)33-21(19(18)23(27)32-8-2)24-17(25)10-9-14-11-15(28-4)20(30-6)16(12-14)29-5/h9-12H,7-8H2,1-6H3,(H,24,25)/b10-9+. The molecule has 2 rings (SSSR count). The lowest BCUT2D eigenvalue weighted by Gasteiger charge is -2.12. The van der Waals surface area contributed by atoms with E-state index in [0.29, 0.717) is 22.8 Å². The zero-order valence-electron chi connectivity index (χ0n) is 19.4. The van der Waals surface area contributed by atoms with E-state index in [9.17, 15) is 14.4 Å². The maximum absolute atomic E-state index is 12.6. The summed E-state index contributed by atoms with van der Waals surface area (Å²) in [6, 6.07) is 3.32. The van der Waals surface area contributed by atoms with Crippen molar-refractivity contribution < 1.29 is 42.5 Å². The van der Waals surface area contributed by atoms with E-state index in [0.717, 1.165) is 0 Å². The molecule has 0 aliphatic carbocycles. The largest absolute Gasteiger partial charge is 0.493 e. The van der Waals surface area contributed by atoms with E-state index in [2.05, 4.69) is 5.32 Å². The quantitative estimate of drug-likeness (QED) is 0.417. The Labute approximate surface area is 191 Å². The molecule has 1 amide bonds. The van der Waals surface area contributed by atoms with Crippen LogP contribution in [0.15, 0.2) is 22.6 Å². The van der Waals surface area contributed by atoms with Crippen molar-refractivity contribution in [3.05, 3.63) is 40.7 Å². The average Bonchev–Trinajstić information content (AvgIpc) is 3.12. The summed E-state index contributed by atoms with van der Waals surface area (Å²) in [4.78, 5) is 37.4. The lowest BCUT2D eigenvalue weighted by Crippen LogP contribution is -2.16. The predicted octanol–water partition coefficient (Wildman–Crippen LogP) is 3.62. The van der Waals surface area contributed by atoms with Crippen molar-refractivity contribution >= 4 is 29.8 Å². The first kappa shape index (κ1) is 25.3. The van der Waals surface area contributed by atoms with Crippen LogP contribution in [0.2, 0.25) is 0 Å². The third-order valence-corrected chi connectivity index (χ3v) is 4.39. The van der Waals surface area contributed by atoms with E-state index < -0.39 is 17.8 Å². The first-order valence-electron chi connectivity index (χ1n) is 10.1. The second-order valence-corrected chi connectivity index (χ2v) is 6.46. The molecule has 0 aliphatic rings. The molecule has 10 heteroatoms. The molecule has 0 fully saturated rings. The second kappa shape index (κ2) is 11.6. The summed E-state index contributed by atoms with van der Waals surface area (Å²) in [5, 5.41) is 2.47. The topological polar surface area (TPSA) is 123 Å². The molecule has 1 aromatic carbocycles. The van der Waals surface area contributed by atoms with Crippen molar-refractivity contribution in [2.45, 2.75) is 20.8 Å². The molecule has 10 nitrogen and oxygen atoms in total. The number of anilines is 1. The molecule has 33 heavy (non-hydrogen) atoms. The summed E-state index contributed by atoms with van der Waals surface area (Å²) in [6.07, 6.45) is 2.73. The fourth-order valence-electron chi connectivity index (χ4n) is 3.00. The molecule has 1 heterocycles. The number of aryl methyl sites for hydroxylation is 1. The lowest BCUT2D eigenvalue weighted by atomic mass is 10.1. The molecule has 0 aliphatic heterocycles. The normalized spacial score (nSPS) is 10.6. The Kier molecular flexibility index (Phi) is 8.90. The number of ether oxygens (including phenoxy) is 5. The summed E-state index contributed by atoms with van der Waals surface area (Å²) in [6.45, 7) is 4.91. The molecule has 1 N–H and O–H groups in total. The van der Waals surface area contributed by atoms with Crippen LogP contribution < -0.4 is 19.5 Å². The van der Waals surface area contributed by atoms with Crippen LogP contribution in [-0.4, -0.2) is 52.4 Å². The first-order chi connectivity index (χ1) is 15.8. The van der Waals surface area contributed by atoms with Gasteiger partial charge in [-0.25, -0.2) is 9.59 Å². The zero-order chi connectivity index (χ0) is 24.5. The van der Waals surface area contributed by atoms with Crippen LogP contribution in [0.1, 0.15) is 45.9 Å². The highest BCUT2D eigenvalue weighted by atomic mass is 16.5. The second-order valence-electron chi connectivity index (χ2n) is 6.46. The Morgan fingerprint density at radius 1 is 0.909 bits per heavy atom. The van der Waals surface area contributed by atoms with Crippen molar-refractivity contribution in [2.24, 2.45) is 0 Å². The van der Waals surface area contributed by atoms with Gasteiger partial charge in [0, 0.05) is 6.08 Å². The highest BCUT2D eigenvalue weighted by Crippen LogP contribution is 2.38. The van der Waals surface area contributed by atoms with Gasteiger partial charge in [-0.3, -0.25) is 10.1 Å². The molecule has 0 spiro atoms. The van der Waals surface area contributed by atoms with Crippen molar-refractivity contribution in [1.82, 2.24) is 0 Å². The van der Waals surface area contributed by atoms with Gasteiger partial charge in [-0.05, 0) is 44.5 Å². The maximum atomic E-state index is 12.6. The van der Waals surface area contributed by atoms with Crippen LogP contribution in [0.4, 0.5) is 5.88 Å². The van der Waals surface area contributed by atoms with E-state index in [-0.39, 0.29) is 36.0 Å². The lowest BCUT2D eigenvalue weighted by molar-refractivity contribution is -0.111. The maximum Gasteiger partial charge on any atom is 0.344 e. The van der Waals surface area contributed by atoms with Crippen LogP contribution in [-0.2, 0) is 14.3 Å². The molecule has 2 aromatic rings. The Balaban J connectivity index is 2.35. The van der Waals surface area contributed by atoms with Gasteiger partial charge in [0.25, 0.3) is 5.91 Å². The molecule has 1 aromatic heterocycles. The minimum atomic E-state index is -0.818. The number of benzene rings is 1. The van der Waals surface area contributed by atoms with E-state index >= 15 is 0 Å². The number of esters is 2. The first-order valence-corrected chi connectivity index (χ1v) is 10.1. The fourth-order valence-corrected chi connectivity index (χ4v) is 3.00. The number of methoxy groups -OCH3 is 3. The Morgan fingerprint density at radius 3 is 1.94 bits per heavy atom. The van der Waals surface area contributed by atoms with Crippen LogP contribution >= 0.6 is 0 Å². The SMILES string of the molecule is CCOC(=O)c1c(C)oc(NC(=O)/C=C/c2cc(OC)c(OC)c(OC)c2)c1C(=O)OCC. The molecule has 0 saturated heterocycles. The summed E-state index contributed by atoms with van der Waals surface area (Å²) in [5.74, 6) is -1.04. The Morgan fingerprint density at radius 2 is 1.45 bits per heavy atom. The third kappa shape index (κ3) is 5.85. The predicted molar refractivity (Wildman–Crippen MR) is 119 cm³/mol. The van der Waals surface area contributed by atoms with E-state index in [4.69, 9.17) is 28.1 Å². The van der Waals surface area contributed by atoms with Crippen LogP contribution in [0, 0.1) is 6.92 Å². The number of carbonyl (C=O) groups is 3. The van der Waals surface area contributed by atoms with Gasteiger partial charge < -0.3 is 28.1 Å². The number of hydrogen-bond acceptors (Lipinski definition) is 9. The van der Waals surface area contributed by atoms with Gasteiger partial charge in [-0.1, -0.05) is 0 Å². The summed E-state index contributed by atoms with van der Waals surface area (Å²) < 4.78 is 31.4. The van der Waals surface area contributed by atoms with Crippen molar-refractivity contribution in [2.75, 3.05) is 39.9 Å². The zero-order valence-corrected chi connectivity index (χ0v) is 19.4. The summed E-state index contributed by atoms with van der Waals surface area (Å²) in [7, 11) is 4.45. The van der Waals surface area contributed by atoms with Crippen molar-refractivity contribution in [3.63, 3.8) is 0 Å². The van der Waals surface area contributed by atoms with Gasteiger partial charge in [0.15, 0.2) is 11.5 Å². The monoisotopic (exact) mass is 461 g/mol. The molecule has 0 unspecified atom stereocenters.